The van der Waals surface area contributed by atoms with Gasteiger partial charge in [0.2, 0.25) is 0 Å². The Kier molecular flexibility index (Phi) is 7.77. The molecular formula is C60H57BN4O. The van der Waals surface area contributed by atoms with Gasteiger partial charge in [-0.1, -0.05) is 136 Å². The van der Waals surface area contributed by atoms with Crippen LogP contribution in [0.5, 0.6) is 0 Å². The molecule has 5 heterocycles. The van der Waals surface area contributed by atoms with Gasteiger partial charge in [0.05, 0.1) is 22.1 Å². The molecule has 6 heteroatoms. The van der Waals surface area contributed by atoms with Gasteiger partial charge in [-0.05, 0) is 122 Å². The molecule has 0 fully saturated rings. The van der Waals surface area contributed by atoms with E-state index in [-0.39, 0.29) is 28.5 Å². The molecule has 0 saturated carbocycles. The Balaban J connectivity index is 1.27. The Bertz CT molecular complexity index is 3730. The number of anilines is 2. The highest BCUT2D eigenvalue weighted by molar-refractivity contribution is 6.94. The molecule has 0 N–H and O–H groups in total. The molecule has 0 atom stereocenters. The minimum absolute atomic E-state index is 0.0212. The zero-order valence-electron chi connectivity index (χ0n) is 40.2. The second-order valence-electron chi connectivity index (χ2n) is 23.1. The van der Waals surface area contributed by atoms with E-state index in [4.69, 9.17) is 9.40 Å². The number of furan rings is 1. The molecule has 66 heavy (non-hydrogen) atoms. The minimum atomic E-state index is -0.186. The zero-order valence-corrected chi connectivity index (χ0v) is 40.2. The molecule has 326 valence electrons. The maximum atomic E-state index is 7.34. The van der Waals surface area contributed by atoms with Crippen LogP contribution in [0, 0.1) is 0 Å². The van der Waals surface area contributed by atoms with E-state index in [0.29, 0.717) is 0 Å². The first-order chi connectivity index (χ1) is 31.4. The van der Waals surface area contributed by atoms with Gasteiger partial charge in [-0.25, -0.2) is 4.98 Å². The molecule has 0 bridgehead atoms. The van der Waals surface area contributed by atoms with Crippen LogP contribution in [0.4, 0.5) is 11.4 Å². The molecule has 0 amide bonds. The predicted octanol–water partition coefficient (Wildman–Crippen LogP) is 14.4. The van der Waals surface area contributed by atoms with Crippen LogP contribution in [0.2, 0.25) is 0 Å². The third-order valence-electron chi connectivity index (χ3n) is 16.1. The Morgan fingerprint density at radius 3 is 2.02 bits per heavy atom. The predicted molar refractivity (Wildman–Crippen MR) is 279 cm³/mol. The summed E-state index contributed by atoms with van der Waals surface area (Å²) in [6.07, 6.45) is 2.30. The number of imidazole rings is 1. The van der Waals surface area contributed by atoms with E-state index in [1.165, 1.54) is 88.6 Å². The molecule has 13 rings (SSSR count). The van der Waals surface area contributed by atoms with Crippen molar-refractivity contribution in [1.82, 2.24) is 14.1 Å². The molecule has 1 aliphatic carbocycles. The van der Waals surface area contributed by atoms with Crippen LogP contribution >= 0.6 is 0 Å². The molecule has 0 spiro atoms. The number of aryl methyl sites for hydroxylation is 1. The summed E-state index contributed by atoms with van der Waals surface area (Å²) in [6, 6.07) is 46.1. The van der Waals surface area contributed by atoms with Gasteiger partial charge in [-0.3, -0.25) is 0 Å². The minimum Gasteiger partial charge on any atom is -0.455 e. The molecule has 2 aliphatic heterocycles. The van der Waals surface area contributed by atoms with Crippen molar-refractivity contribution in [3.8, 4) is 28.2 Å². The van der Waals surface area contributed by atoms with Crippen molar-refractivity contribution in [3.05, 3.63) is 144 Å². The summed E-state index contributed by atoms with van der Waals surface area (Å²) in [4.78, 5) is 8.11. The van der Waals surface area contributed by atoms with Crippen LogP contribution in [0.25, 0.3) is 83.0 Å². The van der Waals surface area contributed by atoms with Gasteiger partial charge in [0.25, 0.3) is 0 Å². The van der Waals surface area contributed by atoms with E-state index in [0.717, 1.165) is 51.8 Å². The number of rotatable bonds is 2. The average molecular weight is 861 g/mol. The summed E-state index contributed by atoms with van der Waals surface area (Å²) in [6.45, 7) is 23.5. The van der Waals surface area contributed by atoms with Gasteiger partial charge in [0, 0.05) is 62.3 Å². The van der Waals surface area contributed by atoms with Crippen molar-refractivity contribution in [2.45, 2.75) is 104 Å². The quantitative estimate of drug-likeness (QED) is 0.163. The van der Waals surface area contributed by atoms with Gasteiger partial charge in [0.1, 0.15) is 17.0 Å². The van der Waals surface area contributed by atoms with Crippen molar-refractivity contribution < 1.29 is 4.42 Å². The Labute approximate surface area is 388 Å². The van der Waals surface area contributed by atoms with Crippen molar-refractivity contribution in [1.29, 1.82) is 0 Å². The van der Waals surface area contributed by atoms with Gasteiger partial charge in [0.15, 0.2) is 0 Å². The van der Waals surface area contributed by atoms with Crippen molar-refractivity contribution >= 4 is 83.9 Å². The topological polar surface area (TPSA) is 39.1 Å². The highest BCUT2D eigenvalue weighted by Gasteiger charge is 2.47. The largest absolute Gasteiger partial charge is 0.455 e. The number of hydrogen-bond acceptors (Lipinski definition) is 3. The second-order valence-corrected chi connectivity index (χ2v) is 23.1. The van der Waals surface area contributed by atoms with E-state index in [1.807, 2.05) is 0 Å². The standard InChI is InChI=1S/C60H57BN4O/c1-57(2,3)35-21-24-37(25-22-35)65-45-26-23-36(58(4,5)6)29-39(45)52-53-54-50(51-38-19-15-16-20-49(38)66-55(51)52)40-30-41-42(60(9,10)28-27-59(41,7)8)31-46(40)64(54)47-33-48-44(32-43(47)61(53)65)62-56(63(48)11)34-17-13-12-14-18-34/h12-26,29-33H,27-28H2,1-11H3. The van der Waals surface area contributed by atoms with Crippen LogP contribution in [0.3, 0.4) is 0 Å². The van der Waals surface area contributed by atoms with Gasteiger partial charge in [-0.15, -0.1) is 0 Å². The van der Waals surface area contributed by atoms with Crippen molar-refractivity contribution in [2.75, 3.05) is 4.81 Å². The van der Waals surface area contributed by atoms with Crippen LogP contribution in [-0.4, -0.2) is 21.0 Å². The third kappa shape index (κ3) is 5.27. The summed E-state index contributed by atoms with van der Waals surface area (Å²) in [5.41, 5.74) is 21.8. The summed E-state index contributed by atoms with van der Waals surface area (Å²) < 4.78 is 12.3. The smallest absolute Gasteiger partial charge is 0.333 e. The molecule has 7 aromatic carbocycles. The summed E-state index contributed by atoms with van der Waals surface area (Å²) >= 11 is 0. The van der Waals surface area contributed by atoms with E-state index in [1.54, 1.807) is 0 Å². The molecule has 0 unspecified atom stereocenters. The lowest BCUT2D eigenvalue weighted by Crippen LogP contribution is -2.60. The highest BCUT2D eigenvalue weighted by atomic mass is 16.3. The lowest BCUT2D eigenvalue weighted by atomic mass is 9.43. The average Bonchev–Trinajstić information content (AvgIpc) is 3.95. The fourth-order valence-electron chi connectivity index (χ4n) is 12.2. The lowest BCUT2D eigenvalue weighted by Gasteiger charge is -2.42. The number of nitrogens with zero attached hydrogens (tertiary/aromatic N) is 4. The van der Waals surface area contributed by atoms with Crippen LogP contribution in [0.1, 0.15) is 104 Å². The third-order valence-corrected chi connectivity index (χ3v) is 16.1. The first kappa shape index (κ1) is 39.8. The molecule has 0 saturated heterocycles. The number of benzene rings is 7. The first-order valence-electron chi connectivity index (χ1n) is 24.0. The van der Waals surface area contributed by atoms with Gasteiger partial charge >= 0.3 is 6.85 Å². The Morgan fingerprint density at radius 2 is 1.30 bits per heavy atom. The number of para-hydroxylation sites is 1. The molecule has 5 nitrogen and oxygen atoms in total. The SMILES string of the molecule is Cn1c(-c2ccccc2)nc2cc3c(cc21)-n1c2cc4c(cc2c2c5c(oc6ccccc65)c5c(c21)B3N(c1ccc(C(C)(C)C)cc1)c1ccc(C(C)(C)C)cc1-5)C(C)(C)CCC4(C)C. The summed E-state index contributed by atoms with van der Waals surface area (Å²) in [5.74, 6) is 0.967. The number of hydrogen-bond donors (Lipinski definition) is 0. The normalized spacial score (nSPS) is 16.2. The Morgan fingerprint density at radius 1 is 0.636 bits per heavy atom. The van der Waals surface area contributed by atoms with Crippen LogP contribution < -0.4 is 15.7 Å². The highest BCUT2D eigenvalue weighted by Crippen LogP contribution is 2.54. The van der Waals surface area contributed by atoms with E-state index in [9.17, 15) is 0 Å². The maximum absolute atomic E-state index is 7.34. The van der Waals surface area contributed by atoms with Crippen LogP contribution in [0.15, 0.2) is 126 Å². The van der Waals surface area contributed by atoms with E-state index >= 15 is 0 Å². The van der Waals surface area contributed by atoms with Crippen molar-refractivity contribution in [2.24, 2.45) is 7.05 Å². The maximum Gasteiger partial charge on any atom is 0.333 e. The molecule has 3 aromatic heterocycles. The van der Waals surface area contributed by atoms with Crippen LogP contribution in [-0.2, 0) is 28.7 Å². The van der Waals surface area contributed by atoms with Gasteiger partial charge in [-0.2, -0.15) is 0 Å². The summed E-state index contributed by atoms with van der Waals surface area (Å²) in [7, 11) is 2.18. The number of fused-ring (bicyclic) bond motifs is 15. The summed E-state index contributed by atoms with van der Waals surface area (Å²) in [5, 5.41) is 4.96. The fourth-order valence-corrected chi connectivity index (χ4v) is 12.2. The van der Waals surface area contributed by atoms with E-state index in [2.05, 4.69) is 212 Å². The van der Waals surface area contributed by atoms with E-state index < -0.39 is 0 Å². The zero-order chi connectivity index (χ0) is 45.6. The molecular weight excluding hydrogens is 803 g/mol. The molecule has 3 aliphatic rings. The monoisotopic (exact) mass is 860 g/mol. The molecule has 0 radical (unpaired) electrons. The fraction of sp³-hybridized carbons (Fsp3) is 0.283. The van der Waals surface area contributed by atoms with Crippen molar-refractivity contribution in [3.63, 3.8) is 0 Å². The van der Waals surface area contributed by atoms with Gasteiger partial charge < -0.3 is 18.4 Å². The first-order valence-corrected chi connectivity index (χ1v) is 24.0. The molecule has 10 aromatic rings. The lowest BCUT2D eigenvalue weighted by molar-refractivity contribution is 0.332. The second kappa shape index (κ2) is 12.9. The Hall–Kier alpha value is -6.53. The number of aromatic nitrogens is 3.